The second-order valence-corrected chi connectivity index (χ2v) is 7.54. The van der Waals surface area contributed by atoms with E-state index in [4.69, 9.17) is 9.47 Å². The summed E-state index contributed by atoms with van der Waals surface area (Å²) in [4.78, 5) is 28.8. The molecule has 1 rings (SSSR count). The van der Waals surface area contributed by atoms with E-state index in [1.807, 2.05) is 0 Å². The highest BCUT2D eigenvalue weighted by Gasteiger charge is 2.31. The monoisotopic (exact) mass is 340 g/mol. The largest absolute Gasteiger partial charge is 0.443 e. The molecule has 0 radical (unpaired) electrons. The maximum absolute atomic E-state index is 12.5. The van der Waals surface area contributed by atoms with Crippen LogP contribution in [0.3, 0.4) is 0 Å². The van der Waals surface area contributed by atoms with Gasteiger partial charge in [-0.2, -0.15) is 0 Å². The SMILES string of the molecule is CC(c1nccn1C)N(NC(=O)OC(C)(C)C)C(=O)OC(C)(C)C. The fourth-order valence-electron chi connectivity index (χ4n) is 1.91. The molecule has 0 bridgehead atoms. The molecule has 0 aliphatic heterocycles. The molecule has 8 nitrogen and oxygen atoms in total. The first-order valence-corrected chi connectivity index (χ1v) is 7.79. The summed E-state index contributed by atoms with van der Waals surface area (Å²) in [6.45, 7) is 12.2. The highest BCUT2D eigenvalue weighted by Crippen LogP contribution is 2.20. The van der Waals surface area contributed by atoms with Crippen LogP contribution < -0.4 is 5.43 Å². The molecule has 1 unspecified atom stereocenters. The summed E-state index contributed by atoms with van der Waals surface area (Å²) in [5.74, 6) is 0.594. The molecule has 8 heteroatoms. The van der Waals surface area contributed by atoms with Gasteiger partial charge in [-0.1, -0.05) is 0 Å². The molecule has 136 valence electrons. The Balaban J connectivity index is 3.01. The van der Waals surface area contributed by atoms with Gasteiger partial charge < -0.3 is 14.0 Å². The third kappa shape index (κ3) is 6.10. The lowest BCUT2D eigenvalue weighted by atomic mass is 10.2. The Bertz CT molecular complexity index is 584. The van der Waals surface area contributed by atoms with Crippen molar-refractivity contribution in [3.05, 3.63) is 18.2 Å². The second-order valence-electron chi connectivity index (χ2n) is 7.54. The van der Waals surface area contributed by atoms with Gasteiger partial charge in [0.2, 0.25) is 0 Å². The van der Waals surface area contributed by atoms with E-state index in [-0.39, 0.29) is 0 Å². The summed E-state index contributed by atoms with van der Waals surface area (Å²) in [5, 5.41) is 1.08. The van der Waals surface area contributed by atoms with Gasteiger partial charge in [0.1, 0.15) is 23.1 Å². The number of rotatable bonds is 2. The van der Waals surface area contributed by atoms with Crippen LogP contribution in [0, 0.1) is 0 Å². The number of nitrogens with zero attached hydrogens (tertiary/aromatic N) is 3. The zero-order valence-electron chi connectivity index (χ0n) is 15.7. The summed E-state index contributed by atoms with van der Waals surface area (Å²) in [5.41, 5.74) is 1.07. The van der Waals surface area contributed by atoms with Crippen molar-refractivity contribution in [2.45, 2.75) is 65.7 Å². The standard InChI is InChI=1S/C16H28N4O4/c1-11(12-17-9-10-19(12)8)20(14(22)24-16(5,6)7)18-13(21)23-15(2,3)4/h9-11H,1-8H3,(H,18,21). The fraction of sp³-hybridized carbons (Fsp3) is 0.688. The Morgan fingerprint density at radius 2 is 1.71 bits per heavy atom. The van der Waals surface area contributed by atoms with Gasteiger partial charge in [-0.3, -0.25) is 0 Å². The fourth-order valence-corrected chi connectivity index (χ4v) is 1.91. The lowest BCUT2D eigenvalue weighted by Gasteiger charge is -2.32. The molecule has 1 aromatic heterocycles. The first-order chi connectivity index (χ1) is 10.8. The number of aryl methyl sites for hydroxylation is 1. The average Bonchev–Trinajstić information content (AvgIpc) is 2.77. The zero-order chi connectivity index (χ0) is 18.7. The van der Waals surface area contributed by atoms with E-state index in [0.29, 0.717) is 5.82 Å². The molecule has 0 aromatic carbocycles. The van der Waals surface area contributed by atoms with Gasteiger partial charge in [0.15, 0.2) is 0 Å². The third-order valence-corrected chi connectivity index (χ3v) is 2.82. The van der Waals surface area contributed by atoms with Crippen LogP contribution in [-0.2, 0) is 16.5 Å². The van der Waals surface area contributed by atoms with E-state index in [0.717, 1.165) is 5.01 Å². The molecule has 0 spiro atoms. The average molecular weight is 340 g/mol. The van der Waals surface area contributed by atoms with Crippen LogP contribution in [-0.4, -0.2) is 37.9 Å². The summed E-state index contributed by atoms with van der Waals surface area (Å²) < 4.78 is 12.4. The number of nitrogens with one attached hydrogen (secondary N) is 1. The van der Waals surface area contributed by atoms with Crippen molar-refractivity contribution >= 4 is 12.2 Å². The minimum absolute atomic E-state index is 0.549. The van der Waals surface area contributed by atoms with Gasteiger partial charge in [-0.25, -0.2) is 25.0 Å². The minimum atomic E-state index is -0.741. The Morgan fingerprint density at radius 3 is 2.12 bits per heavy atom. The smallest absolute Gasteiger partial charge is 0.429 e. The lowest BCUT2D eigenvalue weighted by Crippen LogP contribution is -2.51. The number of hydrazine groups is 1. The Hall–Kier alpha value is -2.25. The van der Waals surface area contributed by atoms with Crippen molar-refractivity contribution in [3.63, 3.8) is 0 Å². The van der Waals surface area contributed by atoms with Crippen LogP contribution in [0.5, 0.6) is 0 Å². The van der Waals surface area contributed by atoms with E-state index >= 15 is 0 Å². The Kier molecular flexibility index (Phi) is 5.86. The van der Waals surface area contributed by atoms with Crippen molar-refractivity contribution in [3.8, 4) is 0 Å². The summed E-state index contributed by atoms with van der Waals surface area (Å²) >= 11 is 0. The molecule has 2 amide bonds. The number of hydrogen-bond acceptors (Lipinski definition) is 5. The number of ether oxygens (including phenoxy) is 2. The number of amides is 2. The molecule has 0 saturated heterocycles. The van der Waals surface area contributed by atoms with Crippen LogP contribution in [0.15, 0.2) is 12.4 Å². The highest BCUT2D eigenvalue weighted by atomic mass is 16.6. The van der Waals surface area contributed by atoms with Gasteiger partial charge in [0.05, 0.1) is 0 Å². The molecule has 0 aliphatic rings. The van der Waals surface area contributed by atoms with Crippen molar-refractivity contribution < 1.29 is 19.1 Å². The number of carbonyl (C=O) groups excluding carboxylic acids is 2. The summed E-state index contributed by atoms with van der Waals surface area (Å²) in [7, 11) is 1.81. The van der Waals surface area contributed by atoms with E-state index in [9.17, 15) is 9.59 Å². The molecule has 1 N–H and O–H groups in total. The number of hydrogen-bond donors (Lipinski definition) is 1. The molecular formula is C16H28N4O4. The number of aromatic nitrogens is 2. The van der Waals surface area contributed by atoms with Gasteiger partial charge in [0.25, 0.3) is 0 Å². The number of imidazole rings is 1. The third-order valence-electron chi connectivity index (χ3n) is 2.82. The van der Waals surface area contributed by atoms with Crippen LogP contribution >= 0.6 is 0 Å². The molecule has 1 heterocycles. The topological polar surface area (TPSA) is 85.7 Å². The van der Waals surface area contributed by atoms with Crippen molar-refractivity contribution in [1.82, 2.24) is 20.0 Å². The van der Waals surface area contributed by atoms with Gasteiger partial charge in [0, 0.05) is 19.4 Å². The van der Waals surface area contributed by atoms with Crippen molar-refractivity contribution in [1.29, 1.82) is 0 Å². The Morgan fingerprint density at radius 1 is 1.17 bits per heavy atom. The number of carbonyl (C=O) groups is 2. The van der Waals surface area contributed by atoms with E-state index in [2.05, 4.69) is 10.4 Å². The second kappa shape index (κ2) is 7.11. The van der Waals surface area contributed by atoms with Gasteiger partial charge in [-0.15, -0.1) is 0 Å². The van der Waals surface area contributed by atoms with Crippen molar-refractivity contribution in [2.75, 3.05) is 0 Å². The lowest BCUT2D eigenvalue weighted by molar-refractivity contribution is -0.00915. The van der Waals surface area contributed by atoms with Crippen LogP contribution in [0.1, 0.15) is 60.3 Å². The van der Waals surface area contributed by atoms with Gasteiger partial charge >= 0.3 is 12.2 Å². The summed E-state index contributed by atoms with van der Waals surface area (Å²) in [6, 6.07) is -0.549. The van der Waals surface area contributed by atoms with E-state index in [1.165, 1.54) is 0 Å². The van der Waals surface area contributed by atoms with Gasteiger partial charge in [-0.05, 0) is 48.5 Å². The maximum Gasteiger partial charge on any atom is 0.429 e. The van der Waals surface area contributed by atoms with Crippen LogP contribution in [0.25, 0.3) is 0 Å². The first-order valence-electron chi connectivity index (χ1n) is 7.79. The zero-order valence-corrected chi connectivity index (χ0v) is 15.7. The molecule has 1 aromatic rings. The molecule has 24 heavy (non-hydrogen) atoms. The predicted molar refractivity (Wildman–Crippen MR) is 89.1 cm³/mol. The molecule has 0 aliphatic carbocycles. The minimum Gasteiger partial charge on any atom is -0.443 e. The van der Waals surface area contributed by atoms with Crippen LogP contribution in [0.2, 0.25) is 0 Å². The Labute approximate surface area is 143 Å². The predicted octanol–water partition coefficient (Wildman–Crippen LogP) is 3.16. The van der Waals surface area contributed by atoms with E-state index in [1.54, 1.807) is 72.5 Å². The van der Waals surface area contributed by atoms with Crippen LogP contribution in [0.4, 0.5) is 9.59 Å². The normalized spacial score (nSPS) is 13.2. The molecular weight excluding hydrogens is 312 g/mol. The summed E-state index contributed by atoms with van der Waals surface area (Å²) in [6.07, 6.45) is 1.94. The molecule has 0 saturated carbocycles. The van der Waals surface area contributed by atoms with Crippen molar-refractivity contribution in [2.24, 2.45) is 7.05 Å². The van der Waals surface area contributed by atoms with E-state index < -0.39 is 29.4 Å². The maximum atomic E-state index is 12.5. The first kappa shape index (κ1) is 19.8. The molecule has 1 atom stereocenters. The highest BCUT2D eigenvalue weighted by molar-refractivity contribution is 5.74. The molecule has 0 fully saturated rings. The quantitative estimate of drug-likeness (QED) is 0.836.